The van der Waals surface area contributed by atoms with Crippen molar-refractivity contribution in [3.8, 4) is 0 Å². The standard InChI is InChI=1S/C17H25N5O4/c1-11(22(12(2)23)13-7-4-3-5-8-13)15(24)21-14(16(25)26)9-6-10-20-17(18)19/h3-5,7-8,11,14H,6,9-10H2,1-2H3,(H,21,24)(H,25,26)(H4,18,19,20). The Kier molecular flexibility index (Phi) is 8.07. The first-order chi connectivity index (χ1) is 12.2. The van der Waals surface area contributed by atoms with E-state index in [9.17, 15) is 19.5 Å². The highest BCUT2D eigenvalue weighted by molar-refractivity contribution is 6.00. The van der Waals surface area contributed by atoms with Crippen molar-refractivity contribution >= 4 is 29.4 Å². The van der Waals surface area contributed by atoms with Gasteiger partial charge in [0.1, 0.15) is 12.1 Å². The molecule has 0 saturated heterocycles. The molecule has 1 rings (SSSR count). The summed E-state index contributed by atoms with van der Waals surface area (Å²) in [7, 11) is 0. The summed E-state index contributed by atoms with van der Waals surface area (Å²) in [6.45, 7) is 3.22. The molecular formula is C17H25N5O4. The average molecular weight is 363 g/mol. The number of nitrogens with one attached hydrogen (secondary N) is 3. The minimum absolute atomic E-state index is 0.166. The maximum Gasteiger partial charge on any atom is 0.326 e. The van der Waals surface area contributed by atoms with Crippen molar-refractivity contribution in [2.24, 2.45) is 5.73 Å². The van der Waals surface area contributed by atoms with E-state index in [1.807, 2.05) is 0 Å². The lowest BCUT2D eigenvalue weighted by Crippen LogP contribution is -2.52. The van der Waals surface area contributed by atoms with Crippen molar-refractivity contribution in [3.05, 3.63) is 30.3 Å². The monoisotopic (exact) mass is 363 g/mol. The second kappa shape index (κ2) is 10.0. The van der Waals surface area contributed by atoms with E-state index in [0.717, 1.165) is 0 Å². The van der Waals surface area contributed by atoms with Crippen molar-refractivity contribution in [1.29, 1.82) is 5.41 Å². The molecule has 9 heteroatoms. The van der Waals surface area contributed by atoms with Crippen LogP contribution >= 0.6 is 0 Å². The quantitative estimate of drug-likeness (QED) is 0.241. The smallest absolute Gasteiger partial charge is 0.326 e. The summed E-state index contributed by atoms with van der Waals surface area (Å²) in [4.78, 5) is 37.1. The van der Waals surface area contributed by atoms with Gasteiger partial charge in [-0.15, -0.1) is 0 Å². The molecule has 142 valence electrons. The van der Waals surface area contributed by atoms with Crippen LogP contribution in [0.3, 0.4) is 0 Å². The lowest BCUT2D eigenvalue weighted by atomic mass is 10.1. The van der Waals surface area contributed by atoms with Gasteiger partial charge in [-0.2, -0.15) is 0 Å². The van der Waals surface area contributed by atoms with Gasteiger partial charge in [0.15, 0.2) is 5.96 Å². The maximum atomic E-state index is 12.5. The molecule has 2 amide bonds. The number of aliphatic carboxylic acids is 1. The van der Waals surface area contributed by atoms with Gasteiger partial charge >= 0.3 is 5.97 Å². The molecular weight excluding hydrogens is 338 g/mol. The minimum Gasteiger partial charge on any atom is -0.480 e. The van der Waals surface area contributed by atoms with Gasteiger partial charge in [0.2, 0.25) is 11.8 Å². The Balaban J connectivity index is 2.75. The summed E-state index contributed by atoms with van der Waals surface area (Å²) in [5.41, 5.74) is 5.71. The van der Waals surface area contributed by atoms with Crippen LogP contribution in [-0.2, 0) is 14.4 Å². The number of guanidine groups is 1. The molecule has 9 nitrogen and oxygen atoms in total. The number of amides is 2. The Bertz CT molecular complexity index is 650. The second-order valence-corrected chi connectivity index (χ2v) is 5.78. The number of carbonyl (C=O) groups excluding carboxylic acids is 2. The van der Waals surface area contributed by atoms with Gasteiger partial charge in [0.25, 0.3) is 0 Å². The van der Waals surface area contributed by atoms with E-state index in [1.165, 1.54) is 11.8 Å². The fraction of sp³-hybridized carbons (Fsp3) is 0.412. The summed E-state index contributed by atoms with van der Waals surface area (Å²) < 4.78 is 0. The lowest BCUT2D eigenvalue weighted by molar-refractivity contribution is -0.142. The maximum absolute atomic E-state index is 12.5. The van der Waals surface area contributed by atoms with E-state index in [1.54, 1.807) is 37.3 Å². The van der Waals surface area contributed by atoms with Crippen LogP contribution in [0.4, 0.5) is 5.69 Å². The Morgan fingerprint density at radius 1 is 1.27 bits per heavy atom. The molecule has 0 aliphatic rings. The van der Waals surface area contributed by atoms with E-state index in [0.29, 0.717) is 18.7 Å². The Morgan fingerprint density at radius 3 is 2.38 bits per heavy atom. The highest BCUT2D eigenvalue weighted by Crippen LogP contribution is 2.17. The number of benzene rings is 1. The molecule has 0 aliphatic heterocycles. The molecule has 2 atom stereocenters. The van der Waals surface area contributed by atoms with Crippen molar-refractivity contribution in [2.75, 3.05) is 11.4 Å². The first-order valence-electron chi connectivity index (χ1n) is 8.20. The van der Waals surface area contributed by atoms with Gasteiger partial charge in [-0.25, -0.2) is 4.79 Å². The predicted molar refractivity (Wildman–Crippen MR) is 97.8 cm³/mol. The van der Waals surface area contributed by atoms with Crippen LogP contribution in [0, 0.1) is 5.41 Å². The van der Waals surface area contributed by atoms with Crippen molar-refractivity contribution < 1.29 is 19.5 Å². The number of hydrogen-bond acceptors (Lipinski definition) is 4. The predicted octanol–water partition coefficient (Wildman–Crippen LogP) is 0.261. The minimum atomic E-state index is -1.16. The third-order valence-corrected chi connectivity index (χ3v) is 3.74. The molecule has 0 aliphatic carbocycles. The largest absolute Gasteiger partial charge is 0.480 e. The van der Waals surface area contributed by atoms with Crippen LogP contribution in [0.15, 0.2) is 30.3 Å². The fourth-order valence-electron chi connectivity index (χ4n) is 2.46. The van der Waals surface area contributed by atoms with Gasteiger partial charge in [-0.3, -0.25) is 15.0 Å². The van der Waals surface area contributed by atoms with Crippen LogP contribution in [0.2, 0.25) is 0 Å². The zero-order valence-electron chi connectivity index (χ0n) is 14.9. The number of carboxylic acid groups (broad SMARTS) is 1. The van der Waals surface area contributed by atoms with E-state index < -0.39 is 24.0 Å². The van der Waals surface area contributed by atoms with Crippen molar-refractivity contribution in [3.63, 3.8) is 0 Å². The van der Waals surface area contributed by atoms with Gasteiger partial charge in [-0.05, 0) is 31.9 Å². The normalized spacial score (nSPS) is 12.5. The number of carbonyl (C=O) groups is 3. The van der Waals surface area contributed by atoms with Gasteiger partial charge in [0.05, 0.1) is 0 Å². The first-order valence-corrected chi connectivity index (χ1v) is 8.20. The number of hydrogen-bond donors (Lipinski definition) is 5. The fourth-order valence-corrected chi connectivity index (χ4v) is 2.46. The zero-order chi connectivity index (χ0) is 19.7. The summed E-state index contributed by atoms with van der Waals surface area (Å²) >= 11 is 0. The molecule has 1 aromatic carbocycles. The second-order valence-electron chi connectivity index (χ2n) is 5.78. The Morgan fingerprint density at radius 2 is 1.88 bits per heavy atom. The number of para-hydroxylation sites is 1. The molecule has 26 heavy (non-hydrogen) atoms. The van der Waals surface area contributed by atoms with Crippen molar-refractivity contribution in [1.82, 2.24) is 10.6 Å². The van der Waals surface area contributed by atoms with E-state index in [2.05, 4.69) is 10.6 Å². The molecule has 0 aromatic heterocycles. The van der Waals surface area contributed by atoms with Gasteiger partial charge in [-0.1, -0.05) is 18.2 Å². The van der Waals surface area contributed by atoms with Gasteiger partial charge < -0.3 is 26.4 Å². The Labute approximate surface area is 152 Å². The zero-order valence-corrected chi connectivity index (χ0v) is 14.9. The number of rotatable bonds is 9. The lowest BCUT2D eigenvalue weighted by Gasteiger charge is -2.28. The summed E-state index contributed by atoms with van der Waals surface area (Å²) in [6, 6.07) is 6.73. The molecule has 1 aromatic rings. The number of anilines is 1. The van der Waals surface area contributed by atoms with E-state index >= 15 is 0 Å². The molecule has 0 saturated carbocycles. The molecule has 0 fully saturated rings. The van der Waals surface area contributed by atoms with Crippen LogP contribution < -0.4 is 21.3 Å². The molecule has 6 N–H and O–H groups in total. The average Bonchev–Trinajstić information content (AvgIpc) is 2.57. The third-order valence-electron chi connectivity index (χ3n) is 3.74. The highest BCUT2D eigenvalue weighted by Gasteiger charge is 2.28. The van der Waals surface area contributed by atoms with E-state index in [-0.39, 0.29) is 18.3 Å². The van der Waals surface area contributed by atoms with Crippen LogP contribution in [0.1, 0.15) is 26.7 Å². The number of nitrogens with two attached hydrogens (primary N) is 1. The van der Waals surface area contributed by atoms with Crippen LogP contribution in [0.5, 0.6) is 0 Å². The Hall–Kier alpha value is -3.10. The topological polar surface area (TPSA) is 149 Å². The molecule has 2 unspecified atom stereocenters. The number of nitrogens with zero attached hydrogens (tertiary/aromatic N) is 1. The van der Waals surface area contributed by atoms with Crippen molar-refractivity contribution in [2.45, 2.75) is 38.8 Å². The highest BCUT2D eigenvalue weighted by atomic mass is 16.4. The summed E-state index contributed by atoms with van der Waals surface area (Å²) in [5, 5.41) is 21.4. The number of carboxylic acids is 1. The van der Waals surface area contributed by atoms with Gasteiger partial charge in [0, 0.05) is 19.2 Å². The first kappa shape index (κ1) is 20.9. The SMILES string of the molecule is CC(=O)N(c1ccccc1)C(C)C(=O)NC(CCCNC(=N)N)C(=O)O. The van der Waals surface area contributed by atoms with Crippen LogP contribution in [0.25, 0.3) is 0 Å². The molecule has 0 radical (unpaired) electrons. The van der Waals surface area contributed by atoms with Crippen LogP contribution in [-0.4, -0.2) is 47.5 Å². The summed E-state index contributed by atoms with van der Waals surface area (Å²) in [6.07, 6.45) is 0.569. The van der Waals surface area contributed by atoms with E-state index in [4.69, 9.17) is 11.1 Å². The molecule has 0 bridgehead atoms. The molecule has 0 spiro atoms. The molecule has 0 heterocycles. The third kappa shape index (κ3) is 6.42. The summed E-state index contributed by atoms with van der Waals surface area (Å²) in [5.74, 6) is -2.25.